The molecule has 1 aromatic heterocycles. The summed E-state index contributed by atoms with van der Waals surface area (Å²) in [5.74, 6) is 0.563. The summed E-state index contributed by atoms with van der Waals surface area (Å²) in [7, 11) is 0. The lowest BCUT2D eigenvalue weighted by molar-refractivity contribution is 0.0950. The zero-order valence-corrected chi connectivity index (χ0v) is 12.6. The zero-order chi connectivity index (χ0) is 14.5. The minimum absolute atomic E-state index is 0.0139. The maximum atomic E-state index is 12.2. The Balaban J connectivity index is 1.68. The van der Waals surface area contributed by atoms with Crippen molar-refractivity contribution in [3.8, 4) is 0 Å². The highest BCUT2D eigenvalue weighted by Crippen LogP contribution is 2.67. The highest BCUT2D eigenvalue weighted by atomic mass is 16.1. The minimum atomic E-state index is 0.0139. The van der Waals surface area contributed by atoms with Crippen molar-refractivity contribution in [3.63, 3.8) is 0 Å². The monoisotopic (exact) mass is 270 g/mol. The molecule has 1 heterocycles. The second-order valence-corrected chi connectivity index (χ2v) is 6.99. The second-order valence-electron chi connectivity index (χ2n) is 6.99. The number of benzene rings is 1. The van der Waals surface area contributed by atoms with Gasteiger partial charge in [-0.3, -0.25) is 4.79 Å². The maximum absolute atomic E-state index is 12.2. The molecule has 0 saturated heterocycles. The Morgan fingerprint density at radius 1 is 1.20 bits per heavy atom. The minimum Gasteiger partial charge on any atom is -0.361 e. The fourth-order valence-corrected chi connectivity index (χ4v) is 3.33. The fourth-order valence-electron chi connectivity index (χ4n) is 3.33. The number of amides is 1. The second kappa shape index (κ2) is 4.11. The van der Waals surface area contributed by atoms with E-state index in [4.69, 9.17) is 0 Å². The summed E-state index contributed by atoms with van der Waals surface area (Å²) < 4.78 is 0. The third-order valence-electron chi connectivity index (χ3n) is 5.60. The first-order chi connectivity index (χ1) is 9.34. The van der Waals surface area contributed by atoms with E-state index in [9.17, 15) is 4.79 Å². The Bertz CT molecular complexity index is 652. The Kier molecular flexibility index (Phi) is 2.72. The molecule has 20 heavy (non-hydrogen) atoms. The quantitative estimate of drug-likeness (QED) is 0.879. The first-order valence-corrected chi connectivity index (χ1v) is 7.19. The highest BCUT2D eigenvalue weighted by molar-refractivity contribution is 5.97. The van der Waals surface area contributed by atoms with Gasteiger partial charge in [0.15, 0.2) is 0 Å². The van der Waals surface area contributed by atoms with Gasteiger partial charge in [0.2, 0.25) is 0 Å². The average Bonchev–Trinajstić information content (AvgIpc) is 2.75. The number of hydrogen-bond acceptors (Lipinski definition) is 1. The van der Waals surface area contributed by atoms with Gasteiger partial charge in [-0.15, -0.1) is 0 Å². The van der Waals surface area contributed by atoms with E-state index in [1.165, 1.54) is 0 Å². The van der Waals surface area contributed by atoms with Crippen LogP contribution in [-0.2, 0) is 0 Å². The molecule has 0 unspecified atom stereocenters. The van der Waals surface area contributed by atoms with Crippen LogP contribution in [0.15, 0.2) is 30.5 Å². The normalized spacial score (nSPS) is 20.0. The molecule has 2 aromatic rings. The summed E-state index contributed by atoms with van der Waals surface area (Å²) in [5, 5.41) is 4.21. The summed E-state index contributed by atoms with van der Waals surface area (Å²) in [5.41, 5.74) is 2.34. The van der Waals surface area contributed by atoms with Gasteiger partial charge in [-0.05, 0) is 40.3 Å². The average molecular weight is 270 g/mol. The molecule has 3 heteroatoms. The summed E-state index contributed by atoms with van der Waals surface area (Å²) in [6.07, 6.45) is 1.89. The lowest BCUT2D eigenvalue weighted by atomic mass is 10.0. The summed E-state index contributed by atoms with van der Waals surface area (Å²) >= 11 is 0. The number of fused-ring (bicyclic) bond motifs is 1. The van der Waals surface area contributed by atoms with Gasteiger partial charge in [-0.2, -0.15) is 0 Å². The van der Waals surface area contributed by atoms with Crippen molar-refractivity contribution < 1.29 is 4.79 Å². The standard InChI is InChI=1S/C17H22N2O/c1-16(2)14(17(16,3)4)10-19-15(20)12-6-5-11-7-8-18-13(11)9-12/h5-9,14,18H,10H2,1-4H3,(H,19,20). The molecule has 0 aliphatic heterocycles. The van der Waals surface area contributed by atoms with Crippen LogP contribution in [0.4, 0.5) is 0 Å². The highest BCUT2D eigenvalue weighted by Gasteiger charge is 2.64. The molecule has 1 saturated carbocycles. The van der Waals surface area contributed by atoms with Gasteiger partial charge in [0.05, 0.1) is 0 Å². The molecule has 1 aliphatic carbocycles. The molecule has 1 fully saturated rings. The van der Waals surface area contributed by atoms with Crippen LogP contribution in [0.5, 0.6) is 0 Å². The number of aromatic amines is 1. The van der Waals surface area contributed by atoms with E-state index < -0.39 is 0 Å². The van der Waals surface area contributed by atoms with Crippen LogP contribution in [0.3, 0.4) is 0 Å². The number of nitrogens with one attached hydrogen (secondary N) is 2. The first kappa shape index (κ1) is 13.2. The van der Waals surface area contributed by atoms with Gasteiger partial charge in [0.25, 0.3) is 5.91 Å². The van der Waals surface area contributed by atoms with Crippen LogP contribution in [-0.4, -0.2) is 17.4 Å². The van der Waals surface area contributed by atoms with Crippen molar-refractivity contribution in [2.24, 2.45) is 16.7 Å². The van der Waals surface area contributed by atoms with Crippen molar-refractivity contribution in [1.29, 1.82) is 0 Å². The number of hydrogen-bond donors (Lipinski definition) is 2. The van der Waals surface area contributed by atoms with Crippen molar-refractivity contribution in [1.82, 2.24) is 10.3 Å². The zero-order valence-electron chi connectivity index (χ0n) is 12.6. The maximum Gasteiger partial charge on any atom is 0.251 e. The largest absolute Gasteiger partial charge is 0.361 e. The van der Waals surface area contributed by atoms with E-state index >= 15 is 0 Å². The van der Waals surface area contributed by atoms with Crippen LogP contribution < -0.4 is 5.32 Å². The molecule has 1 aromatic carbocycles. The predicted octanol–water partition coefficient (Wildman–Crippen LogP) is 3.58. The summed E-state index contributed by atoms with van der Waals surface area (Å²) in [4.78, 5) is 15.4. The third kappa shape index (κ3) is 1.84. The van der Waals surface area contributed by atoms with Gasteiger partial charge in [-0.25, -0.2) is 0 Å². The van der Waals surface area contributed by atoms with Crippen molar-refractivity contribution in [2.45, 2.75) is 27.7 Å². The van der Waals surface area contributed by atoms with Crippen molar-refractivity contribution in [3.05, 3.63) is 36.0 Å². The molecular formula is C17H22N2O. The van der Waals surface area contributed by atoms with Crippen molar-refractivity contribution >= 4 is 16.8 Å². The van der Waals surface area contributed by atoms with E-state index in [-0.39, 0.29) is 5.91 Å². The summed E-state index contributed by atoms with van der Waals surface area (Å²) in [6.45, 7) is 9.84. The third-order valence-corrected chi connectivity index (χ3v) is 5.60. The molecule has 3 nitrogen and oxygen atoms in total. The molecule has 0 spiro atoms. The van der Waals surface area contributed by atoms with Crippen LogP contribution in [0.2, 0.25) is 0 Å². The number of carbonyl (C=O) groups excluding carboxylic acids is 1. The smallest absolute Gasteiger partial charge is 0.251 e. The van der Waals surface area contributed by atoms with Gasteiger partial charge >= 0.3 is 0 Å². The van der Waals surface area contributed by atoms with Crippen LogP contribution in [0.1, 0.15) is 38.1 Å². The number of aromatic nitrogens is 1. The molecule has 2 N–H and O–H groups in total. The SMILES string of the molecule is CC1(C)C(CNC(=O)c2ccc3cc[nH]c3c2)C1(C)C. The molecule has 106 valence electrons. The molecule has 0 bridgehead atoms. The molecule has 1 amide bonds. The number of carbonyl (C=O) groups is 1. The van der Waals surface area contributed by atoms with Crippen molar-refractivity contribution in [2.75, 3.05) is 6.54 Å². The van der Waals surface area contributed by atoms with E-state index in [1.54, 1.807) is 0 Å². The van der Waals surface area contributed by atoms with Crippen LogP contribution >= 0.6 is 0 Å². The fraction of sp³-hybridized carbons (Fsp3) is 0.471. The van der Waals surface area contributed by atoms with E-state index in [1.807, 2.05) is 30.5 Å². The topological polar surface area (TPSA) is 44.9 Å². The molecule has 0 radical (unpaired) electrons. The van der Waals surface area contributed by atoms with Crippen LogP contribution in [0, 0.1) is 16.7 Å². The van der Waals surface area contributed by atoms with E-state index in [2.05, 4.69) is 38.0 Å². The van der Waals surface area contributed by atoms with E-state index in [0.717, 1.165) is 23.0 Å². The molecule has 0 atom stereocenters. The van der Waals surface area contributed by atoms with Crippen LogP contribution in [0.25, 0.3) is 10.9 Å². The van der Waals surface area contributed by atoms with Gasteiger partial charge in [0, 0.05) is 23.8 Å². The van der Waals surface area contributed by atoms with Gasteiger partial charge in [-0.1, -0.05) is 33.8 Å². The molecule has 3 rings (SSSR count). The Morgan fingerprint density at radius 3 is 2.55 bits per heavy atom. The predicted molar refractivity (Wildman–Crippen MR) is 81.7 cm³/mol. The number of rotatable bonds is 3. The Morgan fingerprint density at radius 2 is 1.90 bits per heavy atom. The van der Waals surface area contributed by atoms with Gasteiger partial charge < -0.3 is 10.3 Å². The Labute approximate surface area is 119 Å². The lowest BCUT2D eigenvalue weighted by Crippen LogP contribution is -2.27. The lowest BCUT2D eigenvalue weighted by Gasteiger charge is -2.06. The van der Waals surface area contributed by atoms with E-state index in [0.29, 0.717) is 16.7 Å². The molecular weight excluding hydrogens is 248 g/mol. The Hall–Kier alpha value is -1.77. The summed E-state index contributed by atoms with van der Waals surface area (Å²) in [6, 6.07) is 7.78. The number of H-pyrrole nitrogens is 1. The first-order valence-electron chi connectivity index (χ1n) is 7.19. The molecule has 1 aliphatic rings. The van der Waals surface area contributed by atoms with Gasteiger partial charge in [0.1, 0.15) is 0 Å².